The van der Waals surface area contributed by atoms with Gasteiger partial charge in [-0.15, -0.1) is 0 Å². The van der Waals surface area contributed by atoms with Gasteiger partial charge in [0.1, 0.15) is 5.75 Å². The van der Waals surface area contributed by atoms with Crippen molar-refractivity contribution < 1.29 is 23.4 Å². The molecule has 0 aliphatic rings. The van der Waals surface area contributed by atoms with Crippen molar-refractivity contribution in [1.82, 2.24) is 4.98 Å². The SMILES string of the molecule is O=C(O)c1ccc(-c2ccncc2Cl)c(OC(F)F)c1. The second kappa shape index (κ2) is 5.83. The highest BCUT2D eigenvalue weighted by atomic mass is 35.5. The number of rotatable bonds is 4. The molecule has 0 saturated carbocycles. The minimum absolute atomic E-state index is 0.158. The van der Waals surface area contributed by atoms with Crippen molar-refractivity contribution in [3.8, 4) is 16.9 Å². The Morgan fingerprint density at radius 1 is 1.30 bits per heavy atom. The molecule has 2 aromatic rings. The zero-order valence-corrected chi connectivity index (χ0v) is 10.6. The smallest absolute Gasteiger partial charge is 0.387 e. The van der Waals surface area contributed by atoms with Crippen molar-refractivity contribution in [3.63, 3.8) is 0 Å². The van der Waals surface area contributed by atoms with Crippen molar-refractivity contribution in [2.45, 2.75) is 6.61 Å². The number of nitrogens with zero attached hydrogens (tertiary/aromatic N) is 1. The largest absolute Gasteiger partial charge is 0.478 e. The molecule has 2 rings (SSSR count). The highest BCUT2D eigenvalue weighted by Gasteiger charge is 2.16. The second-order valence-corrected chi connectivity index (χ2v) is 4.16. The lowest BCUT2D eigenvalue weighted by atomic mass is 10.0. The summed E-state index contributed by atoms with van der Waals surface area (Å²) in [7, 11) is 0. The van der Waals surface area contributed by atoms with Crippen LogP contribution in [0.4, 0.5) is 8.78 Å². The van der Waals surface area contributed by atoms with Gasteiger partial charge in [-0.3, -0.25) is 4.98 Å². The Morgan fingerprint density at radius 3 is 2.65 bits per heavy atom. The van der Waals surface area contributed by atoms with E-state index < -0.39 is 12.6 Å². The van der Waals surface area contributed by atoms with E-state index in [1.54, 1.807) is 0 Å². The van der Waals surface area contributed by atoms with Crippen LogP contribution in [-0.4, -0.2) is 22.7 Å². The number of carboxylic acids is 1. The van der Waals surface area contributed by atoms with E-state index in [4.69, 9.17) is 16.7 Å². The summed E-state index contributed by atoms with van der Waals surface area (Å²) in [6.45, 7) is -3.07. The molecule has 1 aromatic carbocycles. The Morgan fingerprint density at radius 2 is 2.05 bits per heavy atom. The Hall–Kier alpha value is -2.21. The van der Waals surface area contributed by atoms with Gasteiger partial charge in [0, 0.05) is 23.5 Å². The van der Waals surface area contributed by atoms with Gasteiger partial charge in [0.05, 0.1) is 10.6 Å². The first-order valence-electron chi connectivity index (χ1n) is 5.41. The summed E-state index contributed by atoms with van der Waals surface area (Å²) in [5, 5.41) is 9.13. The van der Waals surface area contributed by atoms with E-state index >= 15 is 0 Å². The predicted octanol–water partition coefficient (Wildman–Crippen LogP) is 3.70. The zero-order chi connectivity index (χ0) is 14.7. The number of benzene rings is 1. The molecule has 0 saturated heterocycles. The fourth-order valence-electron chi connectivity index (χ4n) is 1.66. The molecule has 4 nitrogen and oxygen atoms in total. The van der Waals surface area contributed by atoms with Gasteiger partial charge in [-0.25, -0.2) is 4.79 Å². The van der Waals surface area contributed by atoms with Gasteiger partial charge in [0.25, 0.3) is 0 Å². The summed E-state index contributed by atoms with van der Waals surface area (Å²) < 4.78 is 29.2. The predicted molar refractivity (Wildman–Crippen MR) is 68.3 cm³/mol. The van der Waals surface area contributed by atoms with Gasteiger partial charge in [-0.05, 0) is 24.3 Å². The minimum Gasteiger partial charge on any atom is -0.478 e. The van der Waals surface area contributed by atoms with Crippen LogP contribution in [0.15, 0.2) is 36.7 Å². The van der Waals surface area contributed by atoms with E-state index in [0.29, 0.717) is 5.56 Å². The molecule has 0 atom stereocenters. The minimum atomic E-state index is -3.07. The van der Waals surface area contributed by atoms with E-state index in [1.807, 2.05) is 0 Å². The highest BCUT2D eigenvalue weighted by molar-refractivity contribution is 6.33. The lowest BCUT2D eigenvalue weighted by molar-refractivity contribution is -0.0495. The van der Waals surface area contributed by atoms with Crippen LogP contribution in [-0.2, 0) is 0 Å². The number of halogens is 3. The first kappa shape index (κ1) is 14.2. The Bertz CT molecular complexity index is 649. The highest BCUT2D eigenvalue weighted by Crippen LogP contribution is 2.35. The third-order valence-electron chi connectivity index (χ3n) is 2.51. The van der Waals surface area contributed by atoms with E-state index in [0.717, 1.165) is 6.07 Å². The van der Waals surface area contributed by atoms with Crippen LogP contribution in [0, 0.1) is 0 Å². The van der Waals surface area contributed by atoms with Crippen molar-refractivity contribution in [2.24, 2.45) is 0 Å². The molecule has 0 bridgehead atoms. The van der Waals surface area contributed by atoms with Gasteiger partial charge in [-0.2, -0.15) is 8.78 Å². The van der Waals surface area contributed by atoms with Crippen molar-refractivity contribution in [3.05, 3.63) is 47.2 Å². The maximum atomic E-state index is 12.4. The fraction of sp³-hybridized carbons (Fsp3) is 0.0769. The summed E-state index contributed by atoms with van der Waals surface area (Å²) in [6.07, 6.45) is 2.80. The molecular weight excluding hydrogens is 292 g/mol. The molecule has 20 heavy (non-hydrogen) atoms. The number of pyridine rings is 1. The van der Waals surface area contributed by atoms with Gasteiger partial charge >= 0.3 is 12.6 Å². The summed E-state index contributed by atoms with van der Waals surface area (Å²) >= 11 is 5.95. The van der Waals surface area contributed by atoms with Gasteiger partial charge in [0.2, 0.25) is 0 Å². The maximum absolute atomic E-state index is 12.4. The van der Waals surface area contributed by atoms with E-state index in [2.05, 4.69) is 9.72 Å². The average molecular weight is 300 g/mol. The standard InChI is InChI=1S/C13H8ClF2NO3/c14-10-6-17-4-3-8(10)9-2-1-7(12(18)19)5-11(9)20-13(15)16/h1-6,13H,(H,18,19). The fourth-order valence-corrected chi connectivity index (χ4v) is 1.89. The molecule has 0 aliphatic heterocycles. The van der Waals surface area contributed by atoms with Crippen molar-refractivity contribution >= 4 is 17.6 Å². The second-order valence-electron chi connectivity index (χ2n) is 3.75. The molecule has 0 fully saturated rings. The molecule has 0 spiro atoms. The van der Waals surface area contributed by atoms with Crippen molar-refractivity contribution in [2.75, 3.05) is 0 Å². The van der Waals surface area contributed by atoms with Crippen LogP contribution in [0.3, 0.4) is 0 Å². The van der Waals surface area contributed by atoms with Crippen LogP contribution in [0.5, 0.6) is 5.75 Å². The monoisotopic (exact) mass is 299 g/mol. The topological polar surface area (TPSA) is 59.4 Å². The van der Waals surface area contributed by atoms with Gasteiger partial charge < -0.3 is 9.84 Å². The number of carbonyl (C=O) groups is 1. The van der Waals surface area contributed by atoms with Crippen LogP contribution in [0.25, 0.3) is 11.1 Å². The lowest BCUT2D eigenvalue weighted by Gasteiger charge is -2.12. The zero-order valence-electron chi connectivity index (χ0n) is 9.89. The van der Waals surface area contributed by atoms with Crippen LogP contribution >= 0.6 is 11.6 Å². The molecule has 104 valence electrons. The number of hydrogen-bond donors (Lipinski definition) is 1. The molecule has 1 heterocycles. The number of aromatic nitrogens is 1. The maximum Gasteiger partial charge on any atom is 0.387 e. The lowest BCUT2D eigenvalue weighted by Crippen LogP contribution is -2.05. The molecule has 0 aliphatic carbocycles. The Balaban J connectivity index is 2.57. The normalized spacial score (nSPS) is 10.6. The molecule has 0 radical (unpaired) electrons. The number of aromatic carboxylic acids is 1. The first-order chi connectivity index (χ1) is 9.49. The number of ether oxygens (including phenoxy) is 1. The quantitative estimate of drug-likeness (QED) is 0.935. The third kappa shape index (κ3) is 3.03. The van der Waals surface area contributed by atoms with Crippen molar-refractivity contribution in [1.29, 1.82) is 0 Å². The molecular formula is C13H8ClF2NO3. The van der Waals surface area contributed by atoms with Crippen LogP contribution in [0.2, 0.25) is 5.02 Å². The molecule has 1 aromatic heterocycles. The van der Waals surface area contributed by atoms with E-state index in [-0.39, 0.29) is 21.9 Å². The van der Waals surface area contributed by atoms with Crippen LogP contribution in [0.1, 0.15) is 10.4 Å². The molecule has 0 amide bonds. The molecule has 7 heteroatoms. The Labute approximate surface area is 117 Å². The number of carboxylic acid groups (broad SMARTS) is 1. The summed E-state index contributed by atoms with van der Waals surface area (Å²) in [4.78, 5) is 14.7. The molecule has 0 unspecified atom stereocenters. The third-order valence-corrected chi connectivity index (χ3v) is 2.81. The van der Waals surface area contributed by atoms with E-state index in [1.165, 1.54) is 30.6 Å². The van der Waals surface area contributed by atoms with Gasteiger partial charge in [-0.1, -0.05) is 11.6 Å². The Kier molecular flexibility index (Phi) is 4.14. The van der Waals surface area contributed by atoms with E-state index in [9.17, 15) is 13.6 Å². The molecule has 1 N–H and O–H groups in total. The summed E-state index contributed by atoms with van der Waals surface area (Å²) in [5.41, 5.74) is 0.534. The van der Waals surface area contributed by atoms with Gasteiger partial charge in [0.15, 0.2) is 0 Å². The summed E-state index contributed by atoms with van der Waals surface area (Å²) in [6, 6.07) is 5.20. The number of hydrogen-bond acceptors (Lipinski definition) is 3. The van der Waals surface area contributed by atoms with Crippen LogP contribution < -0.4 is 4.74 Å². The average Bonchev–Trinajstić information content (AvgIpc) is 2.39. The summed E-state index contributed by atoms with van der Waals surface area (Å²) in [5.74, 6) is -1.50. The number of alkyl halides is 2. The first-order valence-corrected chi connectivity index (χ1v) is 5.79.